The second-order valence-corrected chi connectivity index (χ2v) is 6.71. The molecule has 3 rings (SSSR count). The first-order chi connectivity index (χ1) is 12.8. The minimum Gasteiger partial charge on any atom is -0.492 e. The third-order valence-electron chi connectivity index (χ3n) is 3.84. The predicted octanol–water partition coefficient (Wildman–Crippen LogP) is 3.47. The van der Waals surface area contributed by atoms with Gasteiger partial charge in [-0.1, -0.05) is 30.0 Å². The number of aromatic nitrogens is 4. The number of nitrogens with zero attached hydrogens (tertiary/aromatic N) is 4. The zero-order valence-corrected chi connectivity index (χ0v) is 15.8. The van der Waals surface area contributed by atoms with Crippen LogP contribution < -0.4 is 4.74 Å². The van der Waals surface area contributed by atoms with E-state index in [9.17, 15) is 0 Å². The maximum atomic E-state index is 5.86. The van der Waals surface area contributed by atoms with E-state index >= 15 is 0 Å². The molecule has 0 aliphatic rings. The summed E-state index contributed by atoms with van der Waals surface area (Å²) >= 11 is 1.63. The molecule has 6 nitrogen and oxygen atoms in total. The molecule has 0 bridgehead atoms. The molecule has 0 fully saturated rings. The number of rotatable bonds is 9. The summed E-state index contributed by atoms with van der Waals surface area (Å²) in [6.45, 7) is 3.95. The summed E-state index contributed by atoms with van der Waals surface area (Å²) in [6, 6.07) is 11.9. The standard InChI is InChI=1S/C19H22N4O2S/c1-15-5-3-4-6-17(15)25-13-14-26-19-22-21-18(23(19)11-12-24-2)16-7-9-20-10-8-16/h3-10H,11-14H2,1-2H3. The van der Waals surface area contributed by atoms with E-state index in [1.54, 1.807) is 31.3 Å². The van der Waals surface area contributed by atoms with Gasteiger partial charge in [0, 0.05) is 30.8 Å². The number of ether oxygens (including phenoxy) is 2. The number of benzene rings is 1. The second-order valence-electron chi connectivity index (χ2n) is 5.65. The topological polar surface area (TPSA) is 62.1 Å². The Morgan fingerprint density at radius 3 is 2.62 bits per heavy atom. The van der Waals surface area contributed by atoms with Crippen molar-refractivity contribution in [2.75, 3.05) is 26.1 Å². The molecule has 0 radical (unpaired) electrons. The number of hydrogen-bond acceptors (Lipinski definition) is 6. The Morgan fingerprint density at radius 1 is 1.04 bits per heavy atom. The van der Waals surface area contributed by atoms with E-state index in [1.165, 1.54) is 0 Å². The Labute approximate surface area is 157 Å². The average Bonchev–Trinajstić information content (AvgIpc) is 3.08. The highest BCUT2D eigenvalue weighted by atomic mass is 32.2. The minimum absolute atomic E-state index is 0.601. The van der Waals surface area contributed by atoms with Crippen LogP contribution in [-0.4, -0.2) is 45.8 Å². The van der Waals surface area contributed by atoms with Gasteiger partial charge in [0.1, 0.15) is 5.75 Å². The highest BCUT2D eigenvalue weighted by molar-refractivity contribution is 7.99. The lowest BCUT2D eigenvalue weighted by Crippen LogP contribution is -2.08. The summed E-state index contributed by atoms with van der Waals surface area (Å²) in [4.78, 5) is 4.06. The summed E-state index contributed by atoms with van der Waals surface area (Å²) < 4.78 is 13.2. The van der Waals surface area contributed by atoms with Crippen LogP contribution in [0.25, 0.3) is 11.4 Å². The zero-order chi connectivity index (χ0) is 18.2. The van der Waals surface area contributed by atoms with Crippen molar-refractivity contribution in [1.29, 1.82) is 0 Å². The number of para-hydroxylation sites is 1. The normalized spacial score (nSPS) is 10.8. The maximum absolute atomic E-state index is 5.86. The molecule has 0 saturated heterocycles. The Bertz CT molecular complexity index is 823. The highest BCUT2D eigenvalue weighted by Gasteiger charge is 2.14. The Hall–Kier alpha value is -2.38. The fraction of sp³-hybridized carbons (Fsp3) is 0.316. The number of thioether (sulfide) groups is 1. The van der Waals surface area contributed by atoms with Gasteiger partial charge in [0.05, 0.1) is 19.8 Å². The van der Waals surface area contributed by atoms with Crippen LogP contribution in [0.1, 0.15) is 5.56 Å². The third-order valence-corrected chi connectivity index (χ3v) is 4.77. The van der Waals surface area contributed by atoms with E-state index < -0.39 is 0 Å². The Balaban J connectivity index is 1.65. The van der Waals surface area contributed by atoms with Crippen LogP contribution in [0, 0.1) is 6.92 Å². The van der Waals surface area contributed by atoms with Gasteiger partial charge in [-0.25, -0.2) is 0 Å². The molecule has 0 saturated carbocycles. The molecule has 0 N–H and O–H groups in total. The smallest absolute Gasteiger partial charge is 0.191 e. The van der Waals surface area contributed by atoms with Gasteiger partial charge in [0.25, 0.3) is 0 Å². The monoisotopic (exact) mass is 370 g/mol. The third kappa shape index (κ3) is 4.62. The molecule has 0 aliphatic carbocycles. The van der Waals surface area contributed by atoms with Crippen molar-refractivity contribution in [3.05, 3.63) is 54.4 Å². The highest BCUT2D eigenvalue weighted by Crippen LogP contribution is 2.24. The second kappa shape index (κ2) is 9.35. The van der Waals surface area contributed by atoms with Crippen LogP contribution in [0.5, 0.6) is 5.75 Å². The van der Waals surface area contributed by atoms with E-state index in [4.69, 9.17) is 9.47 Å². The van der Waals surface area contributed by atoms with E-state index in [-0.39, 0.29) is 0 Å². The lowest BCUT2D eigenvalue weighted by atomic mass is 10.2. The Kier molecular flexibility index (Phi) is 6.62. The Morgan fingerprint density at radius 2 is 1.85 bits per heavy atom. The predicted molar refractivity (Wildman–Crippen MR) is 103 cm³/mol. The molecule has 1 aromatic carbocycles. The number of aryl methyl sites for hydroxylation is 1. The molecule has 0 aliphatic heterocycles. The summed E-state index contributed by atoms with van der Waals surface area (Å²) in [6.07, 6.45) is 3.51. The quantitative estimate of drug-likeness (QED) is 0.425. The van der Waals surface area contributed by atoms with Crippen LogP contribution in [0.15, 0.2) is 53.9 Å². The average molecular weight is 370 g/mol. The largest absolute Gasteiger partial charge is 0.492 e. The molecule has 26 heavy (non-hydrogen) atoms. The van der Waals surface area contributed by atoms with Crippen molar-refractivity contribution in [1.82, 2.24) is 19.7 Å². The first-order valence-corrected chi connectivity index (χ1v) is 9.42. The van der Waals surface area contributed by atoms with Gasteiger partial charge < -0.3 is 9.47 Å². The fourth-order valence-electron chi connectivity index (χ4n) is 2.50. The molecule has 3 aromatic rings. The van der Waals surface area contributed by atoms with Crippen molar-refractivity contribution in [2.24, 2.45) is 0 Å². The zero-order valence-electron chi connectivity index (χ0n) is 15.0. The van der Waals surface area contributed by atoms with Gasteiger partial charge in [-0.15, -0.1) is 10.2 Å². The van der Waals surface area contributed by atoms with E-state index in [1.807, 2.05) is 43.3 Å². The summed E-state index contributed by atoms with van der Waals surface area (Å²) in [5.41, 5.74) is 2.13. The van der Waals surface area contributed by atoms with Crippen molar-refractivity contribution < 1.29 is 9.47 Å². The number of pyridine rings is 1. The molecule has 7 heteroatoms. The summed E-state index contributed by atoms with van der Waals surface area (Å²) in [7, 11) is 1.69. The first-order valence-electron chi connectivity index (χ1n) is 8.43. The molecule has 0 unspecified atom stereocenters. The van der Waals surface area contributed by atoms with Crippen molar-refractivity contribution in [3.8, 4) is 17.1 Å². The molecule has 0 atom stereocenters. The number of hydrogen-bond donors (Lipinski definition) is 0. The maximum Gasteiger partial charge on any atom is 0.191 e. The van der Waals surface area contributed by atoms with Gasteiger partial charge in [0.2, 0.25) is 0 Å². The van der Waals surface area contributed by atoms with E-state index in [0.717, 1.165) is 33.6 Å². The van der Waals surface area contributed by atoms with Crippen LogP contribution in [0.3, 0.4) is 0 Å². The van der Waals surface area contributed by atoms with Crippen molar-refractivity contribution in [3.63, 3.8) is 0 Å². The molecule has 0 spiro atoms. The van der Waals surface area contributed by atoms with Gasteiger partial charge in [-0.2, -0.15) is 0 Å². The van der Waals surface area contributed by atoms with Crippen LogP contribution in [0.4, 0.5) is 0 Å². The molecule has 136 valence electrons. The van der Waals surface area contributed by atoms with Gasteiger partial charge in [-0.05, 0) is 30.7 Å². The van der Waals surface area contributed by atoms with Crippen molar-refractivity contribution >= 4 is 11.8 Å². The van der Waals surface area contributed by atoms with E-state index in [0.29, 0.717) is 19.8 Å². The molecular formula is C19H22N4O2S. The SMILES string of the molecule is COCCn1c(SCCOc2ccccc2C)nnc1-c1ccncc1. The van der Waals surface area contributed by atoms with Crippen molar-refractivity contribution in [2.45, 2.75) is 18.6 Å². The lowest BCUT2D eigenvalue weighted by Gasteiger charge is -2.10. The molecule has 2 heterocycles. The summed E-state index contributed by atoms with van der Waals surface area (Å²) in [5, 5.41) is 9.57. The van der Waals surface area contributed by atoms with Crippen LogP contribution in [0.2, 0.25) is 0 Å². The minimum atomic E-state index is 0.601. The molecule has 0 amide bonds. The van der Waals surface area contributed by atoms with Gasteiger partial charge in [0.15, 0.2) is 11.0 Å². The van der Waals surface area contributed by atoms with E-state index in [2.05, 4.69) is 19.7 Å². The molecule has 2 aromatic heterocycles. The summed E-state index contributed by atoms with van der Waals surface area (Å²) in [5.74, 6) is 2.54. The fourth-order valence-corrected chi connectivity index (χ4v) is 3.28. The number of methoxy groups -OCH3 is 1. The van der Waals surface area contributed by atoms with Gasteiger partial charge >= 0.3 is 0 Å². The molecular weight excluding hydrogens is 348 g/mol. The van der Waals surface area contributed by atoms with Gasteiger partial charge in [-0.3, -0.25) is 9.55 Å². The van der Waals surface area contributed by atoms with Crippen LogP contribution in [-0.2, 0) is 11.3 Å². The van der Waals surface area contributed by atoms with Crippen LogP contribution >= 0.6 is 11.8 Å². The lowest BCUT2D eigenvalue weighted by molar-refractivity contribution is 0.185. The first kappa shape index (κ1) is 18.4.